The number of ketones is 2. The molecule has 228 valence electrons. The van der Waals surface area contributed by atoms with Crippen LogP contribution in [-0.2, 0) is 9.59 Å². The predicted octanol–water partition coefficient (Wildman–Crippen LogP) is 10.6. The lowest BCUT2D eigenvalue weighted by Gasteiger charge is -2.24. The van der Waals surface area contributed by atoms with Gasteiger partial charge in [-0.15, -0.1) is 0 Å². The molecule has 41 heavy (non-hydrogen) atoms. The molecule has 0 saturated heterocycles. The van der Waals surface area contributed by atoms with Crippen molar-refractivity contribution in [1.29, 1.82) is 0 Å². The highest BCUT2D eigenvalue weighted by atomic mass is 16.3. The van der Waals surface area contributed by atoms with Gasteiger partial charge in [0.25, 0.3) is 0 Å². The molecule has 3 nitrogen and oxygen atoms in total. The molecule has 0 aromatic rings. The summed E-state index contributed by atoms with van der Waals surface area (Å²) in [5.74, 6) is -0.154. The van der Waals surface area contributed by atoms with Crippen molar-refractivity contribution in [1.82, 2.24) is 0 Å². The smallest absolute Gasteiger partial charge is 0.185 e. The van der Waals surface area contributed by atoms with Crippen LogP contribution in [0, 0.1) is 0 Å². The quantitative estimate of drug-likeness (QED) is 0.133. The van der Waals surface area contributed by atoms with E-state index in [4.69, 9.17) is 0 Å². The van der Waals surface area contributed by atoms with Crippen molar-refractivity contribution in [2.24, 2.45) is 0 Å². The van der Waals surface area contributed by atoms with Gasteiger partial charge in [-0.05, 0) is 145 Å². The van der Waals surface area contributed by atoms with Gasteiger partial charge in [-0.3, -0.25) is 9.59 Å². The fourth-order valence-corrected chi connectivity index (χ4v) is 4.91. The van der Waals surface area contributed by atoms with Crippen molar-refractivity contribution in [3.05, 3.63) is 81.0 Å². The molecule has 0 heterocycles. The van der Waals surface area contributed by atoms with Crippen LogP contribution in [0.2, 0.25) is 0 Å². The number of hydrogen-bond acceptors (Lipinski definition) is 3. The Morgan fingerprint density at radius 1 is 0.659 bits per heavy atom. The third kappa shape index (κ3) is 15.9. The molecule has 1 atom stereocenters. The van der Waals surface area contributed by atoms with E-state index in [1.165, 1.54) is 33.9 Å². The Balaban J connectivity index is 2.33. The molecule has 0 aliphatic heterocycles. The second-order valence-electron chi connectivity index (χ2n) is 12.8. The summed E-state index contributed by atoms with van der Waals surface area (Å²) in [4.78, 5) is 24.5. The molecular formula is C38H58O3. The average Bonchev–Trinajstić information content (AvgIpc) is 2.88. The van der Waals surface area contributed by atoms with E-state index in [2.05, 4.69) is 71.9 Å². The summed E-state index contributed by atoms with van der Waals surface area (Å²) >= 11 is 0. The summed E-state index contributed by atoms with van der Waals surface area (Å²) in [6, 6.07) is 0. The van der Waals surface area contributed by atoms with Crippen LogP contribution in [0.25, 0.3) is 0 Å². The van der Waals surface area contributed by atoms with Crippen molar-refractivity contribution in [2.75, 3.05) is 0 Å². The van der Waals surface area contributed by atoms with E-state index in [1.807, 2.05) is 6.92 Å². The zero-order chi connectivity index (χ0) is 31.0. The zero-order valence-electron chi connectivity index (χ0n) is 27.7. The van der Waals surface area contributed by atoms with Crippen LogP contribution in [0.15, 0.2) is 81.0 Å². The van der Waals surface area contributed by atoms with Gasteiger partial charge in [-0.25, -0.2) is 0 Å². The molecule has 0 saturated carbocycles. The van der Waals surface area contributed by atoms with Gasteiger partial charge in [-0.1, -0.05) is 58.2 Å². The third-order valence-corrected chi connectivity index (χ3v) is 8.16. The Hall–Kier alpha value is -2.52. The maximum Gasteiger partial charge on any atom is 0.185 e. The summed E-state index contributed by atoms with van der Waals surface area (Å²) in [6.45, 7) is 18.4. The predicted molar refractivity (Wildman–Crippen MR) is 177 cm³/mol. The van der Waals surface area contributed by atoms with Crippen LogP contribution in [0.1, 0.15) is 139 Å². The molecule has 0 aromatic heterocycles. The summed E-state index contributed by atoms with van der Waals surface area (Å²) in [5.41, 5.74) is 7.88. The maximum absolute atomic E-state index is 12.5. The Labute approximate surface area is 252 Å². The largest absolute Gasteiger partial charge is 0.390 e. The SMILES string of the molecule is CC(C)=CCCC(C)=CCCC(C)=CCCC(C)=CCCC(C)=CCCC(C)(O)CCC1=CC(=O)C(C)=C(C)C1=O. The second kappa shape index (κ2) is 18.8. The molecule has 0 fully saturated rings. The standard InChI is InChI=1S/C38H58O3/c1-28(2)15-10-16-29(3)17-11-18-30(4)19-12-20-31(5)21-13-22-32(6)23-14-25-38(9,41)26-24-35-27-36(39)33(7)34(8)37(35)40/h15,17,19,21,23,27,41H,10-14,16,18,20,22,24-26H2,1-9H3. The topological polar surface area (TPSA) is 54.4 Å². The molecule has 1 aliphatic rings. The number of carbonyl (C=O) groups is 2. The van der Waals surface area contributed by atoms with E-state index in [0.717, 1.165) is 57.8 Å². The van der Waals surface area contributed by atoms with E-state index < -0.39 is 5.60 Å². The Morgan fingerprint density at radius 2 is 1.07 bits per heavy atom. The average molecular weight is 563 g/mol. The number of rotatable bonds is 18. The van der Waals surface area contributed by atoms with E-state index in [-0.39, 0.29) is 11.6 Å². The van der Waals surface area contributed by atoms with Crippen LogP contribution in [0.5, 0.6) is 0 Å². The molecule has 0 radical (unpaired) electrons. The van der Waals surface area contributed by atoms with Crippen molar-refractivity contribution in [3.63, 3.8) is 0 Å². The number of carbonyl (C=O) groups excluding carboxylic acids is 2. The van der Waals surface area contributed by atoms with Crippen molar-refractivity contribution in [2.45, 2.75) is 145 Å². The first-order valence-electron chi connectivity index (χ1n) is 15.7. The van der Waals surface area contributed by atoms with Gasteiger partial charge in [0.15, 0.2) is 11.6 Å². The lowest BCUT2D eigenvalue weighted by molar-refractivity contribution is -0.116. The first-order chi connectivity index (χ1) is 19.2. The zero-order valence-corrected chi connectivity index (χ0v) is 27.7. The number of hydrogen-bond donors (Lipinski definition) is 1. The van der Waals surface area contributed by atoms with E-state index in [1.54, 1.807) is 13.8 Å². The lowest BCUT2D eigenvalue weighted by Crippen LogP contribution is -2.25. The van der Waals surface area contributed by atoms with Gasteiger partial charge in [0.1, 0.15) is 0 Å². The molecule has 0 amide bonds. The van der Waals surface area contributed by atoms with Gasteiger partial charge >= 0.3 is 0 Å². The van der Waals surface area contributed by atoms with Crippen molar-refractivity contribution in [3.8, 4) is 0 Å². The molecule has 0 bridgehead atoms. The van der Waals surface area contributed by atoms with Crippen LogP contribution in [0.3, 0.4) is 0 Å². The summed E-state index contributed by atoms with van der Waals surface area (Å²) in [5, 5.41) is 10.8. The molecular weight excluding hydrogens is 504 g/mol. The summed E-state index contributed by atoms with van der Waals surface area (Å²) < 4.78 is 0. The van der Waals surface area contributed by atoms with E-state index in [0.29, 0.717) is 36.0 Å². The molecule has 3 heteroatoms. The number of aliphatic hydroxyl groups is 1. The highest BCUT2D eigenvalue weighted by molar-refractivity contribution is 6.22. The molecule has 0 aromatic carbocycles. The highest BCUT2D eigenvalue weighted by Gasteiger charge is 2.26. The minimum atomic E-state index is -0.867. The monoisotopic (exact) mass is 562 g/mol. The van der Waals surface area contributed by atoms with E-state index >= 15 is 0 Å². The van der Waals surface area contributed by atoms with Gasteiger partial charge in [0.05, 0.1) is 5.60 Å². The highest BCUT2D eigenvalue weighted by Crippen LogP contribution is 2.27. The Bertz CT molecular complexity index is 1110. The molecule has 1 rings (SSSR count). The summed E-state index contributed by atoms with van der Waals surface area (Å²) in [7, 11) is 0. The number of Topliss-reactive ketones (excluding diaryl/α,β-unsaturated/α-hetero) is 1. The summed E-state index contributed by atoms with van der Waals surface area (Å²) in [6.07, 6.45) is 24.4. The fraction of sp³-hybridized carbons (Fsp3) is 0.579. The Morgan fingerprint density at radius 3 is 1.51 bits per heavy atom. The molecule has 1 N–H and O–H groups in total. The van der Waals surface area contributed by atoms with Crippen molar-refractivity contribution >= 4 is 11.6 Å². The third-order valence-electron chi connectivity index (χ3n) is 8.16. The van der Waals surface area contributed by atoms with Gasteiger partial charge in [0.2, 0.25) is 0 Å². The first kappa shape index (κ1) is 36.5. The minimum absolute atomic E-state index is 0.0626. The van der Waals surface area contributed by atoms with Gasteiger partial charge < -0.3 is 5.11 Å². The molecule has 1 unspecified atom stereocenters. The second-order valence-corrected chi connectivity index (χ2v) is 12.8. The van der Waals surface area contributed by atoms with E-state index in [9.17, 15) is 14.7 Å². The normalized spacial score (nSPS) is 17.2. The van der Waals surface area contributed by atoms with Crippen LogP contribution in [0.4, 0.5) is 0 Å². The van der Waals surface area contributed by atoms with Crippen LogP contribution < -0.4 is 0 Å². The van der Waals surface area contributed by atoms with Gasteiger partial charge in [0, 0.05) is 16.7 Å². The fourth-order valence-electron chi connectivity index (χ4n) is 4.91. The van der Waals surface area contributed by atoms with Crippen molar-refractivity contribution < 1.29 is 14.7 Å². The van der Waals surface area contributed by atoms with Crippen LogP contribution in [-0.4, -0.2) is 22.3 Å². The van der Waals surface area contributed by atoms with Gasteiger partial charge in [-0.2, -0.15) is 0 Å². The Kier molecular flexibility index (Phi) is 16.8. The maximum atomic E-state index is 12.5. The minimum Gasteiger partial charge on any atom is -0.390 e. The van der Waals surface area contributed by atoms with Crippen LogP contribution >= 0.6 is 0 Å². The first-order valence-corrected chi connectivity index (χ1v) is 15.7. The molecule has 1 aliphatic carbocycles. The number of allylic oxidation sites excluding steroid dienone is 14. The molecule has 0 spiro atoms. The lowest BCUT2D eigenvalue weighted by atomic mass is 9.85.